The zero-order valence-corrected chi connectivity index (χ0v) is 8.73. The molecule has 76 valence electrons. The Morgan fingerprint density at radius 2 is 2.00 bits per heavy atom. The molecule has 1 rings (SSSR count). The topological polar surface area (TPSA) is 29.1 Å². The predicted molar refractivity (Wildman–Crippen MR) is 58.2 cm³/mol. The van der Waals surface area contributed by atoms with Gasteiger partial charge in [-0.1, -0.05) is 37.3 Å². The summed E-state index contributed by atoms with van der Waals surface area (Å²) < 4.78 is 0. The highest BCUT2D eigenvalue weighted by molar-refractivity contribution is 5.58. The van der Waals surface area contributed by atoms with Crippen molar-refractivity contribution in [2.75, 3.05) is 7.05 Å². The van der Waals surface area contributed by atoms with E-state index >= 15 is 0 Å². The van der Waals surface area contributed by atoms with Crippen molar-refractivity contribution < 1.29 is 4.79 Å². The second-order valence-corrected chi connectivity index (χ2v) is 3.62. The minimum Gasteiger partial charge on any atom is -0.311 e. The molecule has 0 aromatic heterocycles. The molecule has 0 aliphatic rings. The van der Waals surface area contributed by atoms with Gasteiger partial charge in [0.25, 0.3) is 0 Å². The largest absolute Gasteiger partial charge is 0.311 e. The molecule has 0 aliphatic heterocycles. The molecule has 0 fully saturated rings. The fourth-order valence-corrected chi connectivity index (χ4v) is 1.60. The number of nitrogens with one attached hydrogen (secondary N) is 1. The first-order chi connectivity index (χ1) is 6.77. The molecule has 1 aromatic rings. The highest BCUT2D eigenvalue weighted by atomic mass is 16.1. The molecule has 2 unspecified atom stereocenters. The molecule has 2 nitrogen and oxygen atoms in total. The summed E-state index contributed by atoms with van der Waals surface area (Å²) in [5.41, 5.74) is 1.28. The molecule has 2 atom stereocenters. The smallest absolute Gasteiger partial charge is 0.137 e. The molecule has 0 aliphatic carbocycles. The summed E-state index contributed by atoms with van der Waals surface area (Å²) >= 11 is 0. The Kier molecular flexibility index (Phi) is 4.33. The average Bonchev–Trinajstić information content (AvgIpc) is 2.21. The minimum absolute atomic E-state index is 0.0461. The van der Waals surface area contributed by atoms with Gasteiger partial charge in [0.2, 0.25) is 0 Å². The standard InChI is InChI=1S/C12H17NO/c1-10(12(9-14)13-2)8-11-6-4-3-5-7-11/h3-7,9-10,12-13H,8H2,1-2H3. The lowest BCUT2D eigenvalue weighted by molar-refractivity contribution is -0.110. The van der Waals surface area contributed by atoms with Crippen LogP contribution < -0.4 is 5.32 Å². The molecule has 0 saturated carbocycles. The van der Waals surface area contributed by atoms with Crippen molar-refractivity contribution in [1.82, 2.24) is 5.32 Å². The Morgan fingerprint density at radius 1 is 1.36 bits per heavy atom. The van der Waals surface area contributed by atoms with Gasteiger partial charge < -0.3 is 10.1 Å². The summed E-state index contributed by atoms with van der Waals surface area (Å²) in [4.78, 5) is 10.7. The van der Waals surface area contributed by atoms with E-state index in [9.17, 15) is 4.79 Å². The van der Waals surface area contributed by atoms with Crippen LogP contribution in [0.25, 0.3) is 0 Å². The molecule has 0 radical (unpaired) electrons. The number of rotatable bonds is 5. The van der Waals surface area contributed by atoms with Gasteiger partial charge >= 0.3 is 0 Å². The van der Waals surface area contributed by atoms with E-state index in [1.807, 2.05) is 25.2 Å². The van der Waals surface area contributed by atoms with Gasteiger partial charge in [-0.2, -0.15) is 0 Å². The Morgan fingerprint density at radius 3 is 2.50 bits per heavy atom. The number of hydrogen-bond donors (Lipinski definition) is 1. The van der Waals surface area contributed by atoms with Crippen molar-refractivity contribution in [3.05, 3.63) is 35.9 Å². The zero-order chi connectivity index (χ0) is 10.4. The molecule has 0 saturated heterocycles. The van der Waals surface area contributed by atoms with E-state index in [-0.39, 0.29) is 6.04 Å². The lowest BCUT2D eigenvalue weighted by atomic mass is 9.95. The van der Waals surface area contributed by atoms with Gasteiger partial charge in [-0.25, -0.2) is 0 Å². The van der Waals surface area contributed by atoms with Gasteiger partial charge in [0.15, 0.2) is 0 Å². The molecule has 1 N–H and O–H groups in total. The second-order valence-electron chi connectivity index (χ2n) is 3.62. The molecule has 0 heterocycles. The zero-order valence-electron chi connectivity index (χ0n) is 8.73. The van der Waals surface area contributed by atoms with Gasteiger partial charge in [-0.3, -0.25) is 0 Å². The molecular formula is C12H17NO. The predicted octanol–water partition coefficient (Wildman–Crippen LogP) is 1.65. The Balaban J connectivity index is 2.56. The second kappa shape index (κ2) is 5.55. The Labute approximate surface area is 85.3 Å². The van der Waals surface area contributed by atoms with Crippen LogP contribution in [0, 0.1) is 5.92 Å². The molecule has 0 amide bonds. The van der Waals surface area contributed by atoms with E-state index in [1.165, 1.54) is 5.56 Å². The SMILES string of the molecule is CNC(C=O)C(C)Cc1ccccc1. The van der Waals surface area contributed by atoms with Gasteiger partial charge in [-0.05, 0) is 24.9 Å². The highest BCUT2D eigenvalue weighted by Crippen LogP contribution is 2.10. The third-order valence-electron chi connectivity index (χ3n) is 2.49. The first-order valence-electron chi connectivity index (χ1n) is 4.94. The number of benzene rings is 1. The summed E-state index contributed by atoms with van der Waals surface area (Å²) in [6, 6.07) is 10.2. The first kappa shape index (κ1) is 10.9. The van der Waals surface area contributed by atoms with Crippen molar-refractivity contribution in [1.29, 1.82) is 0 Å². The van der Waals surface area contributed by atoms with E-state index in [0.29, 0.717) is 5.92 Å². The van der Waals surface area contributed by atoms with Crippen molar-refractivity contribution in [3.8, 4) is 0 Å². The minimum atomic E-state index is -0.0461. The lowest BCUT2D eigenvalue weighted by Crippen LogP contribution is -2.34. The van der Waals surface area contributed by atoms with Crippen LogP contribution in [-0.4, -0.2) is 19.4 Å². The fraction of sp³-hybridized carbons (Fsp3) is 0.417. The molecule has 2 heteroatoms. The van der Waals surface area contributed by atoms with Crippen LogP contribution >= 0.6 is 0 Å². The van der Waals surface area contributed by atoms with Crippen LogP contribution in [-0.2, 0) is 11.2 Å². The fourth-order valence-electron chi connectivity index (χ4n) is 1.60. The van der Waals surface area contributed by atoms with Gasteiger partial charge in [0.05, 0.1) is 6.04 Å². The average molecular weight is 191 g/mol. The third-order valence-corrected chi connectivity index (χ3v) is 2.49. The summed E-state index contributed by atoms with van der Waals surface area (Å²) in [6.45, 7) is 2.09. The van der Waals surface area contributed by atoms with E-state index < -0.39 is 0 Å². The van der Waals surface area contributed by atoms with Crippen molar-refractivity contribution in [2.24, 2.45) is 5.92 Å². The summed E-state index contributed by atoms with van der Waals surface area (Å²) in [7, 11) is 1.82. The van der Waals surface area contributed by atoms with Crippen LogP contribution in [0.2, 0.25) is 0 Å². The van der Waals surface area contributed by atoms with Crippen molar-refractivity contribution in [3.63, 3.8) is 0 Å². The van der Waals surface area contributed by atoms with Crippen LogP contribution in [0.1, 0.15) is 12.5 Å². The molecule has 14 heavy (non-hydrogen) atoms. The monoisotopic (exact) mass is 191 g/mol. The first-order valence-corrected chi connectivity index (χ1v) is 4.94. The highest BCUT2D eigenvalue weighted by Gasteiger charge is 2.14. The quantitative estimate of drug-likeness (QED) is 0.717. The lowest BCUT2D eigenvalue weighted by Gasteiger charge is -2.17. The van der Waals surface area contributed by atoms with E-state index in [0.717, 1.165) is 12.7 Å². The maximum atomic E-state index is 10.7. The van der Waals surface area contributed by atoms with Crippen LogP contribution in [0.4, 0.5) is 0 Å². The van der Waals surface area contributed by atoms with Crippen molar-refractivity contribution >= 4 is 6.29 Å². The maximum Gasteiger partial charge on any atom is 0.137 e. The van der Waals surface area contributed by atoms with E-state index in [1.54, 1.807) is 0 Å². The molecule has 0 spiro atoms. The van der Waals surface area contributed by atoms with Crippen LogP contribution in [0.5, 0.6) is 0 Å². The van der Waals surface area contributed by atoms with Crippen molar-refractivity contribution in [2.45, 2.75) is 19.4 Å². The van der Waals surface area contributed by atoms with Gasteiger partial charge in [-0.15, -0.1) is 0 Å². The Bertz CT molecular complexity index is 271. The number of aldehydes is 1. The molecule has 0 bridgehead atoms. The van der Waals surface area contributed by atoms with Gasteiger partial charge in [0.1, 0.15) is 6.29 Å². The number of carbonyl (C=O) groups excluding carboxylic acids is 1. The normalized spacial score (nSPS) is 14.7. The van der Waals surface area contributed by atoms with Crippen LogP contribution in [0.15, 0.2) is 30.3 Å². The van der Waals surface area contributed by atoms with Crippen LogP contribution in [0.3, 0.4) is 0 Å². The van der Waals surface area contributed by atoms with Gasteiger partial charge in [0, 0.05) is 0 Å². The molecular weight excluding hydrogens is 174 g/mol. The Hall–Kier alpha value is -1.15. The van der Waals surface area contributed by atoms with E-state index in [2.05, 4.69) is 24.4 Å². The summed E-state index contributed by atoms with van der Waals surface area (Å²) in [5, 5.41) is 3.00. The summed E-state index contributed by atoms with van der Waals surface area (Å²) in [5.74, 6) is 0.333. The third kappa shape index (κ3) is 2.96. The number of likely N-dealkylation sites (N-methyl/N-ethyl adjacent to an activating group) is 1. The molecule has 1 aromatic carbocycles. The number of hydrogen-bond acceptors (Lipinski definition) is 2. The number of carbonyl (C=O) groups is 1. The maximum absolute atomic E-state index is 10.7. The summed E-state index contributed by atoms with van der Waals surface area (Å²) in [6.07, 6.45) is 1.92. The van der Waals surface area contributed by atoms with E-state index in [4.69, 9.17) is 0 Å².